The number of nitro groups is 1. The van der Waals surface area contributed by atoms with E-state index in [1.54, 1.807) is 19.2 Å². The molecule has 0 saturated heterocycles. The van der Waals surface area contributed by atoms with Gasteiger partial charge in [-0.1, -0.05) is 0 Å². The van der Waals surface area contributed by atoms with Crippen LogP contribution in [0.5, 0.6) is 0 Å². The van der Waals surface area contributed by atoms with Gasteiger partial charge in [-0.15, -0.1) is 0 Å². The summed E-state index contributed by atoms with van der Waals surface area (Å²) in [5.41, 5.74) is 1.87. The molecule has 0 amide bonds. The zero-order valence-electron chi connectivity index (χ0n) is 9.69. The number of benzene rings is 1. The Morgan fingerprint density at radius 1 is 1.56 bits per heavy atom. The minimum Gasteiger partial charge on any atom is -0.383 e. The van der Waals surface area contributed by atoms with Crippen molar-refractivity contribution >= 4 is 11.4 Å². The zero-order chi connectivity index (χ0) is 12.1. The van der Waals surface area contributed by atoms with Crippen molar-refractivity contribution in [3.63, 3.8) is 0 Å². The molecule has 5 nitrogen and oxygen atoms in total. The number of hydrogen-bond acceptors (Lipinski definition) is 4. The molecule has 1 rings (SSSR count). The molecule has 0 aliphatic heterocycles. The summed E-state index contributed by atoms with van der Waals surface area (Å²) in [6.07, 6.45) is 0. The van der Waals surface area contributed by atoms with E-state index in [1.807, 2.05) is 13.8 Å². The van der Waals surface area contributed by atoms with Crippen LogP contribution in [0.3, 0.4) is 0 Å². The summed E-state index contributed by atoms with van der Waals surface area (Å²) in [6, 6.07) is 4.95. The van der Waals surface area contributed by atoms with Crippen molar-refractivity contribution in [3.8, 4) is 0 Å². The Labute approximate surface area is 94.6 Å². The summed E-state index contributed by atoms with van der Waals surface area (Å²) >= 11 is 0. The molecule has 1 N–H and O–H groups in total. The summed E-state index contributed by atoms with van der Waals surface area (Å²) < 4.78 is 5.01. The smallest absolute Gasteiger partial charge is 0.269 e. The Morgan fingerprint density at radius 2 is 2.25 bits per heavy atom. The van der Waals surface area contributed by atoms with Gasteiger partial charge >= 0.3 is 0 Å². The van der Waals surface area contributed by atoms with Gasteiger partial charge in [-0.2, -0.15) is 0 Å². The van der Waals surface area contributed by atoms with Gasteiger partial charge in [0, 0.05) is 31.0 Å². The first-order chi connectivity index (χ1) is 7.54. The maximum atomic E-state index is 10.6. The van der Waals surface area contributed by atoms with Gasteiger partial charge in [0.25, 0.3) is 5.69 Å². The van der Waals surface area contributed by atoms with Gasteiger partial charge in [0.1, 0.15) is 0 Å². The third kappa shape index (κ3) is 3.20. The molecule has 1 aromatic rings. The molecule has 0 fully saturated rings. The molecule has 0 heterocycles. The number of anilines is 1. The van der Waals surface area contributed by atoms with Crippen LogP contribution in [0.4, 0.5) is 11.4 Å². The predicted octanol–water partition coefficient (Wildman–Crippen LogP) is 2.35. The van der Waals surface area contributed by atoms with Crippen LogP contribution < -0.4 is 5.32 Å². The first-order valence-corrected chi connectivity index (χ1v) is 5.05. The lowest BCUT2D eigenvalue weighted by Crippen LogP contribution is -2.21. The maximum absolute atomic E-state index is 10.6. The lowest BCUT2D eigenvalue weighted by Gasteiger charge is -2.15. The van der Waals surface area contributed by atoms with Crippen LogP contribution in [-0.2, 0) is 4.74 Å². The SMILES string of the molecule is COCC(C)Nc1ccc([N+](=O)[O-])cc1C. The van der Waals surface area contributed by atoms with Gasteiger partial charge in [0.05, 0.1) is 11.5 Å². The summed E-state index contributed by atoms with van der Waals surface area (Å²) in [4.78, 5) is 10.2. The van der Waals surface area contributed by atoms with Crippen LogP contribution in [0.25, 0.3) is 0 Å². The average molecular weight is 224 g/mol. The molecular weight excluding hydrogens is 208 g/mol. The fourth-order valence-corrected chi connectivity index (χ4v) is 1.48. The quantitative estimate of drug-likeness (QED) is 0.616. The van der Waals surface area contributed by atoms with Gasteiger partial charge in [-0.25, -0.2) is 0 Å². The van der Waals surface area contributed by atoms with E-state index in [0.29, 0.717) is 6.61 Å². The largest absolute Gasteiger partial charge is 0.383 e. The highest BCUT2D eigenvalue weighted by molar-refractivity contribution is 5.55. The number of nitro benzene ring substituents is 1. The molecule has 1 unspecified atom stereocenters. The van der Waals surface area contributed by atoms with Crippen LogP contribution in [0.15, 0.2) is 18.2 Å². The lowest BCUT2D eigenvalue weighted by molar-refractivity contribution is -0.384. The Bertz CT molecular complexity index is 379. The molecule has 16 heavy (non-hydrogen) atoms. The van der Waals surface area contributed by atoms with E-state index < -0.39 is 4.92 Å². The highest BCUT2D eigenvalue weighted by Crippen LogP contribution is 2.21. The molecule has 88 valence electrons. The predicted molar refractivity (Wildman–Crippen MR) is 62.8 cm³/mol. The lowest BCUT2D eigenvalue weighted by atomic mass is 10.1. The van der Waals surface area contributed by atoms with Crippen LogP contribution in [-0.4, -0.2) is 24.7 Å². The van der Waals surface area contributed by atoms with E-state index in [-0.39, 0.29) is 11.7 Å². The van der Waals surface area contributed by atoms with Crippen molar-refractivity contribution in [1.82, 2.24) is 0 Å². The second-order valence-corrected chi connectivity index (χ2v) is 3.76. The third-order valence-corrected chi connectivity index (χ3v) is 2.24. The third-order valence-electron chi connectivity index (χ3n) is 2.24. The Hall–Kier alpha value is -1.62. The molecule has 0 aliphatic rings. The summed E-state index contributed by atoms with van der Waals surface area (Å²) in [7, 11) is 1.64. The van der Waals surface area contributed by atoms with Crippen molar-refractivity contribution in [2.75, 3.05) is 19.0 Å². The van der Waals surface area contributed by atoms with E-state index in [0.717, 1.165) is 11.3 Å². The van der Waals surface area contributed by atoms with E-state index in [2.05, 4.69) is 5.32 Å². The highest BCUT2D eigenvalue weighted by atomic mass is 16.6. The van der Waals surface area contributed by atoms with Crippen molar-refractivity contribution < 1.29 is 9.66 Å². The maximum Gasteiger partial charge on any atom is 0.269 e. The van der Waals surface area contributed by atoms with E-state index >= 15 is 0 Å². The second-order valence-electron chi connectivity index (χ2n) is 3.76. The first kappa shape index (κ1) is 12.4. The van der Waals surface area contributed by atoms with Crippen molar-refractivity contribution in [3.05, 3.63) is 33.9 Å². The number of methoxy groups -OCH3 is 1. The van der Waals surface area contributed by atoms with Gasteiger partial charge in [-0.05, 0) is 25.5 Å². The molecule has 1 aromatic carbocycles. The number of ether oxygens (including phenoxy) is 1. The number of nitrogens with one attached hydrogen (secondary N) is 1. The van der Waals surface area contributed by atoms with Crippen LogP contribution in [0, 0.1) is 17.0 Å². The second kappa shape index (κ2) is 5.46. The summed E-state index contributed by atoms with van der Waals surface area (Å²) in [6.45, 7) is 4.43. The molecule has 1 atom stereocenters. The molecule has 0 aromatic heterocycles. The van der Waals surface area contributed by atoms with Crippen LogP contribution in [0.1, 0.15) is 12.5 Å². The number of aryl methyl sites for hydroxylation is 1. The number of nitrogens with zero attached hydrogens (tertiary/aromatic N) is 1. The monoisotopic (exact) mass is 224 g/mol. The number of rotatable bonds is 5. The average Bonchev–Trinajstić information content (AvgIpc) is 2.21. The van der Waals surface area contributed by atoms with Crippen molar-refractivity contribution in [2.45, 2.75) is 19.9 Å². The van der Waals surface area contributed by atoms with Gasteiger partial charge in [0.2, 0.25) is 0 Å². The Balaban J connectivity index is 2.79. The Kier molecular flexibility index (Phi) is 4.25. The number of hydrogen-bond donors (Lipinski definition) is 1. The molecule has 0 saturated carbocycles. The molecule has 0 radical (unpaired) electrons. The normalized spacial score (nSPS) is 12.2. The topological polar surface area (TPSA) is 64.4 Å². The standard InChI is InChI=1S/C11H16N2O3/c1-8-6-10(13(14)15)4-5-11(8)12-9(2)7-16-3/h4-6,9,12H,7H2,1-3H3. The highest BCUT2D eigenvalue weighted by Gasteiger charge is 2.09. The van der Waals surface area contributed by atoms with Gasteiger partial charge in [-0.3, -0.25) is 10.1 Å². The molecule has 0 bridgehead atoms. The van der Waals surface area contributed by atoms with Crippen molar-refractivity contribution in [1.29, 1.82) is 0 Å². The van der Waals surface area contributed by atoms with Gasteiger partial charge in [0.15, 0.2) is 0 Å². The van der Waals surface area contributed by atoms with Crippen LogP contribution in [0.2, 0.25) is 0 Å². The molecular formula is C11H16N2O3. The molecule has 0 aliphatic carbocycles. The van der Waals surface area contributed by atoms with E-state index in [1.165, 1.54) is 6.07 Å². The fourth-order valence-electron chi connectivity index (χ4n) is 1.48. The summed E-state index contributed by atoms with van der Waals surface area (Å²) in [5.74, 6) is 0. The minimum absolute atomic E-state index is 0.113. The number of non-ortho nitro benzene ring substituents is 1. The van der Waals surface area contributed by atoms with Crippen molar-refractivity contribution in [2.24, 2.45) is 0 Å². The first-order valence-electron chi connectivity index (χ1n) is 5.05. The molecule has 0 spiro atoms. The van der Waals surface area contributed by atoms with E-state index in [4.69, 9.17) is 4.74 Å². The fraction of sp³-hybridized carbons (Fsp3) is 0.455. The molecule has 5 heteroatoms. The summed E-state index contributed by atoms with van der Waals surface area (Å²) in [5, 5.41) is 13.8. The van der Waals surface area contributed by atoms with Gasteiger partial charge < -0.3 is 10.1 Å². The van der Waals surface area contributed by atoms with E-state index in [9.17, 15) is 10.1 Å². The Morgan fingerprint density at radius 3 is 2.75 bits per heavy atom. The van der Waals surface area contributed by atoms with Crippen LogP contribution >= 0.6 is 0 Å². The zero-order valence-corrected chi connectivity index (χ0v) is 9.69. The minimum atomic E-state index is -0.393.